The molecule has 2 aromatic carbocycles. The third-order valence-corrected chi connectivity index (χ3v) is 3.57. The van der Waals surface area contributed by atoms with Gasteiger partial charge in [-0.05, 0) is 30.3 Å². The maximum absolute atomic E-state index is 13.3. The molecule has 4 rings (SSSR count). The highest BCUT2D eigenvalue weighted by Crippen LogP contribution is 2.36. The molecule has 92 valence electrons. The van der Waals surface area contributed by atoms with Crippen molar-refractivity contribution in [2.45, 2.75) is 0 Å². The minimum atomic E-state index is -0.341. The number of halogens is 2. The summed E-state index contributed by atoms with van der Waals surface area (Å²) in [4.78, 5) is 4.52. The number of rotatable bonds is 0. The van der Waals surface area contributed by atoms with Gasteiger partial charge in [-0.15, -0.1) is 0 Å². The van der Waals surface area contributed by atoms with Crippen LogP contribution in [0.15, 0.2) is 46.9 Å². The summed E-state index contributed by atoms with van der Waals surface area (Å²) in [6.07, 6.45) is 0. The first-order valence-electron chi connectivity index (χ1n) is 5.80. The second kappa shape index (κ2) is 3.68. The van der Waals surface area contributed by atoms with E-state index in [4.69, 9.17) is 16.0 Å². The van der Waals surface area contributed by atoms with Crippen LogP contribution in [0.1, 0.15) is 0 Å². The SMILES string of the molecule is Fc1ccc2nc3c(oc4ccccc43)c(Cl)c2c1. The van der Waals surface area contributed by atoms with Gasteiger partial charge in [-0.3, -0.25) is 0 Å². The van der Waals surface area contributed by atoms with E-state index in [1.807, 2.05) is 24.3 Å². The molecule has 2 nitrogen and oxygen atoms in total. The van der Waals surface area contributed by atoms with Crippen molar-refractivity contribution in [3.05, 3.63) is 53.3 Å². The van der Waals surface area contributed by atoms with Gasteiger partial charge in [0, 0.05) is 10.8 Å². The van der Waals surface area contributed by atoms with Crippen LogP contribution in [0, 0.1) is 5.82 Å². The Morgan fingerprint density at radius 2 is 1.89 bits per heavy atom. The van der Waals surface area contributed by atoms with E-state index in [1.165, 1.54) is 12.1 Å². The average molecular weight is 272 g/mol. The van der Waals surface area contributed by atoms with Gasteiger partial charge in [0.1, 0.15) is 16.9 Å². The molecular weight excluding hydrogens is 265 g/mol. The van der Waals surface area contributed by atoms with Crippen molar-refractivity contribution >= 4 is 44.6 Å². The van der Waals surface area contributed by atoms with Gasteiger partial charge in [-0.2, -0.15) is 0 Å². The molecule has 2 heterocycles. The van der Waals surface area contributed by atoms with E-state index in [-0.39, 0.29) is 5.82 Å². The Morgan fingerprint density at radius 1 is 1.05 bits per heavy atom. The molecule has 0 aliphatic carbocycles. The highest BCUT2D eigenvalue weighted by atomic mass is 35.5. The van der Waals surface area contributed by atoms with E-state index in [0.717, 1.165) is 11.0 Å². The lowest BCUT2D eigenvalue weighted by Gasteiger charge is -2.00. The average Bonchev–Trinajstić information content (AvgIpc) is 2.79. The first-order valence-corrected chi connectivity index (χ1v) is 6.18. The van der Waals surface area contributed by atoms with Gasteiger partial charge >= 0.3 is 0 Å². The largest absolute Gasteiger partial charge is 0.453 e. The van der Waals surface area contributed by atoms with Gasteiger partial charge in [0.05, 0.1) is 10.5 Å². The van der Waals surface area contributed by atoms with E-state index in [1.54, 1.807) is 6.07 Å². The van der Waals surface area contributed by atoms with Crippen molar-refractivity contribution in [1.82, 2.24) is 4.98 Å². The zero-order chi connectivity index (χ0) is 13.0. The molecule has 0 fully saturated rings. The Morgan fingerprint density at radius 3 is 2.79 bits per heavy atom. The number of pyridine rings is 1. The summed E-state index contributed by atoms with van der Waals surface area (Å²) in [7, 11) is 0. The van der Waals surface area contributed by atoms with Crippen molar-refractivity contribution in [1.29, 1.82) is 0 Å². The second-order valence-electron chi connectivity index (χ2n) is 4.36. The van der Waals surface area contributed by atoms with Gasteiger partial charge in [-0.1, -0.05) is 23.7 Å². The lowest BCUT2D eigenvalue weighted by atomic mass is 10.1. The number of furan rings is 1. The van der Waals surface area contributed by atoms with E-state index < -0.39 is 0 Å². The summed E-state index contributed by atoms with van der Waals surface area (Å²) in [6, 6.07) is 12.0. The van der Waals surface area contributed by atoms with E-state index in [9.17, 15) is 4.39 Å². The van der Waals surface area contributed by atoms with Crippen molar-refractivity contribution < 1.29 is 8.81 Å². The third-order valence-electron chi connectivity index (χ3n) is 3.20. The summed E-state index contributed by atoms with van der Waals surface area (Å²) >= 11 is 6.32. The monoisotopic (exact) mass is 271 g/mol. The number of hydrogen-bond donors (Lipinski definition) is 0. The van der Waals surface area contributed by atoms with Crippen LogP contribution in [-0.4, -0.2) is 4.98 Å². The maximum Gasteiger partial charge on any atom is 0.173 e. The molecule has 4 heteroatoms. The zero-order valence-electron chi connectivity index (χ0n) is 9.65. The van der Waals surface area contributed by atoms with Gasteiger partial charge in [0.25, 0.3) is 0 Å². The number of aromatic nitrogens is 1. The smallest absolute Gasteiger partial charge is 0.173 e. The van der Waals surface area contributed by atoms with Crippen LogP contribution in [-0.2, 0) is 0 Å². The first-order chi connectivity index (χ1) is 9.24. The Hall–Kier alpha value is -2.13. The van der Waals surface area contributed by atoms with E-state index in [0.29, 0.717) is 27.0 Å². The fourth-order valence-electron chi connectivity index (χ4n) is 2.32. The van der Waals surface area contributed by atoms with Gasteiger partial charge in [0.2, 0.25) is 0 Å². The lowest BCUT2D eigenvalue weighted by Crippen LogP contribution is -1.83. The van der Waals surface area contributed by atoms with Crippen LogP contribution < -0.4 is 0 Å². The molecule has 0 saturated carbocycles. The number of benzene rings is 2. The minimum Gasteiger partial charge on any atom is -0.453 e. The topological polar surface area (TPSA) is 26.0 Å². The minimum absolute atomic E-state index is 0.341. The van der Waals surface area contributed by atoms with Gasteiger partial charge in [-0.25, -0.2) is 9.37 Å². The number of hydrogen-bond acceptors (Lipinski definition) is 2. The number of fused-ring (bicyclic) bond motifs is 4. The predicted molar refractivity (Wildman–Crippen MR) is 74.0 cm³/mol. The van der Waals surface area contributed by atoms with Gasteiger partial charge in [0.15, 0.2) is 5.58 Å². The van der Waals surface area contributed by atoms with Crippen LogP contribution in [0.4, 0.5) is 4.39 Å². The summed E-state index contributed by atoms with van der Waals surface area (Å²) in [6.45, 7) is 0. The molecule has 0 bridgehead atoms. The molecule has 0 aliphatic heterocycles. The number of nitrogens with zero attached hydrogens (tertiary/aromatic N) is 1. The third kappa shape index (κ3) is 1.45. The van der Waals surface area contributed by atoms with Crippen molar-refractivity contribution in [3.8, 4) is 0 Å². The predicted octanol–water partition coefficient (Wildman–Crippen LogP) is 4.93. The number of para-hydroxylation sites is 1. The molecule has 0 atom stereocenters. The molecule has 0 amide bonds. The molecule has 4 aromatic rings. The maximum atomic E-state index is 13.3. The standard InChI is InChI=1S/C15H7ClFNO/c16-13-10-7-8(17)5-6-11(10)18-14-9-3-1-2-4-12(9)19-15(13)14/h1-7H. The first kappa shape index (κ1) is 10.8. The van der Waals surface area contributed by atoms with E-state index >= 15 is 0 Å². The van der Waals surface area contributed by atoms with Crippen molar-refractivity contribution in [2.24, 2.45) is 0 Å². The molecule has 0 unspecified atom stereocenters. The Bertz CT molecular complexity index is 945. The molecule has 0 radical (unpaired) electrons. The zero-order valence-corrected chi connectivity index (χ0v) is 10.4. The fraction of sp³-hybridized carbons (Fsp3) is 0. The lowest BCUT2D eigenvalue weighted by molar-refractivity contribution is 0.629. The van der Waals surface area contributed by atoms with Crippen LogP contribution in [0.3, 0.4) is 0 Å². The highest BCUT2D eigenvalue weighted by molar-refractivity contribution is 6.40. The van der Waals surface area contributed by atoms with Crippen LogP contribution in [0.25, 0.3) is 33.0 Å². The van der Waals surface area contributed by atoms with E-state index in [2.05, 4.69) is 4.98 Å². The molecule has 0 spiro atoms. The summed E-state index contributed by atoms with van der Waals surface area (Å²) in [5, 5.41) is 1.87. The summed E-state index contributed by atoms with van der Waals surface area (Å²) in [5.41, 5.74) is 2.59. The normalized spacial score (nSPS) is 11.7. The Labute approximate surface area is 112 Å². The molecule has 0 N–H and O–H groups in total. The highest BCUT2D eigenvalue weighted by Gasteiger charge is 2.14. The quantitative estimate of drug-likeness (QED) is 0.453. The second-order valence-corrected chi connectivity index (χ2v) is 4.74. The molecule has 0 saturated heterocycles. The Balaban J connectivity index is 2.29. The molecule has 0 aliphatic rings. The van der Waals surface area contributed by atoms with Crippen LogP contribution in [0.5, 0.6) is 0 Å². The molecular formula is C15H7ClFNO. The van der Waals surface area contributed by atoms with Crippen molar-refractivity contribution in [2.75, 3.05) is 0 Å². The van der Waals surface area contributed by atoms with Crippen molar-refractivity contribution in [3.63, 3.8) is 0 Å². The molecule has 2 aromatic heterocycles. The van der Waals surface area contributed by atoms with Crippen LogP contribution >= 0.6 is 11.6 Å². The van der Waals surface area contributed by atoms with Gasteiger partial charge < -0.3 is 4.42 Å². The fourth-order valence-corrected chi connectivity index (χ4v) is 2.60. The van der Waals surface area contributed by atoms with Crippen LogP contribution in [0.2, 0.25) is 5.02 Å². The Kier molecular flexibility index (Phi) is 2.09. The summed E-state index contributed by atoms with van der Waals surface area (Å²) < 4.78 is 19.0. The molecule has 19 heavy (non-hydrogen) atoms. The summed E-state index contributed by atoms with van der Waals surface area (Å²) in [5.74, 6) is -0.341.